The molecule has 1 amide bonds. The molecule has 0 aliphatic carbocycles. The molecule has 4 rings (SSSR count). The molecule has 4 nitrogen and oxygen atoms in total. The molecule has 2 atom stereocenters. The third kappa shape index (κ3) is 3.14. The normalized spacial score (nSPS) is 20.4. The first kappa shape index (κ1) is 16.2. The smallest absolute Gasteiger partial charge is 0.224 e. The van der Waals surface area contributed by atoms with E-state index in [1.807, 2.05) is 18.2 Å². The molecule has 0 radical (unpaired) electrons. The van der Waals surface area contributed by atoms with Crippen LogP contribution in [0.2, 0.25) is 0 Å². The predicted molar refractivity (Wildman–Crippen MR) is 99.8 cm³/mol. The van der Waals surface area contributed by atoms with E-state index in [4.69, 9.17) is 4.42 Å². The van der Waals surface area contributed by atoms with Crippen molar-refractivity contribution in [2.75, 3.05) is 19.6 Å². The Morgan fingerprint density at radius 1 is 1.28 bits per heavy atom. The van der Waals surface area contributed by atoms with E-state index < -0.39 is 0 Å². The highest BCUT2D eigenvalue weighted by molar-refractivity contribution is 6.08. The molecule has 1 unspecified atom stereocenters. The first-order chi connectivity index (χ1) is 12.3. The number of likely N-dealkylation sites (N-methyl/N-ethyl adjacent to an activating group) is 1. The highest BCUT2D eigenvalue weighted by Crippen LogP contribution is 2.30. The van der Waals surface area contributed by atoms with Crippen LogP contribution in [-0.4, -0.2) is 31.6 Å². The zero-order valence-electron chi connectivity index (χ0n) is 14.7. The van der Waals surface area contributed by atoms with Gasteiger partial charge in [0, 0.05) is 23.8 Å². The Bertz CT molecular complexity index is 899. The fourth-order valence-electron chi connectivity index (χ4n) is 4.17. The number of quaternary nitrogens is 1. The van der Waals surface area contributed by atoms with E-state index in [1.165, 1.54) is 24.8 Å². The molecule has 0 saturated carbocycles. The number of nitrogens with one attached hydrogen (secondary N) is 2. The van der Waals surface area contributed by atoms with Gasteiger partial charge in [-0.05, 0) is 23.8 Å². The van der Waals surface area contributed by atoms with Crippen molar-refractivity contribution in [1.82, 2.24) is 5.32 Å². The highest BCUT2D eigenvalue weighted by atomic mass is 16.3. The quantitative estimate of drug-likeness (QED) is 0.750. The van der Waals surface area contributed by atoms with Crippen LogP contribution < -0.4 is 10.2 Å². The standard InChI is InChI=1S/C21H24N2O2/c1-2-23-11-5-7-17(23)13-22-20(24)12-16-14-25-19-10-9-15-6-3-4-8-18(15)21(16)19/h3-4,6,8-10,14,17H,2,5,7,11-13H2,1H3,(H,22,24)/p+1/t17-/m0/s1. The average molecular weight is 337 g/mol. The van der Waals surface area contributed by atoms with Gasteiger partial charge in [-0.2, -0.15) is 0 Å². The summed E-state index contributed by atoms with van der Waals surface area (Å²) in [7, 11) is 0. The molecule has 2 heterocycles. The number of amides is 1. The second-order valence-corrected chi connectivity index (χ2v) is 7.00. The van der Waals surface area contributed by atoms with Crippen molar-refractivity contribution in [1.29, 1.82) is 0 Å². The second kappa shape index (κ2) is 6.89. The summed E-state index contributed by atoms with van der Waals surface area (Å²) in [6, 6.07) is 12.9. The van der Waals surface area contributed by atoms with Gasteiger partial charge in [0.2, 0.25) is 5.91 Å². The zero-order valence-corrected chi connectivity index (χ0v) is 14.7. The summed E-state index contributed by atoms with van der Waals surface area (Å²) in [6.45, 7) is 5.37. The molecular weight excluding hydrogens is 312 g/mol. The van der Waals surface area contributed by atoms with Gasteiger partial charge in [-0.1, -0.05) is 30.3 Å². The Morgan fingerprint density at radius 2 is 2.16 bits per heavy atom. The number of hydrogen-bond acceptors (Lipinski definition) is 2. The number of rotatable bonds is 5. The molecule has 25 heavy (non-hydrogen) atoms. The third-order valence-corrected chi connectivity index (χ3v) is 5.52. The second-order valence-electron chi connectivity index (χ2n) is 7.00. The number of hydrogen-bond donors (Lipinski definition) is 2. The van der Waals surface area contributed by atoms with E-state index in [9.17, 15) is 4.79 Å². The number of carbonyl (C=O) groups excluding carboxylic acids is 1. The van der Waals surface area contributed by atoms with Crippen molar-refractivity contribution in [2.24, 2.45) is 0 Å². The Morgan fingerprint density at radius 3 is 3.04 bits per heavy atom. The van der Waals surface area contributed by atoms with Gasteiger partial charge in [0.25, 0.3) is 0 Å². The fourth-order valence-corrected chi connectivity index (χ4v) is 4.17. The van der Waals surface area contributed by atoms with E-state index in [-0.39, 0.29) is 5.91 Å². The van der Waals surface area contributed by atoms with Gasteiger partial charge in [0.15, 0.2) is 0 Å². The van der Waals surface area contributed by atoms with Crippen molar-refractivity contribution in [3.8, 4) is 0 Å². The van der Waals surface area contributed by atoms with Crippen LogP contribution in [0.3, 0.4) is 0 Å². The van der Waals surface area contributed by atoms with Gasteiger partial charge < -0.3 is 14.6 Å². The van der Waals surface area contributed by atoms with Crippen LogP contribution in [-0.2, 0) is 11.2 Å². The highest BCUT2D eigenvalue weighted by Gasteiger charge is 2.27. The van der Waals surface area contributed by atoms with Crippen LogP contribution in [0.4, 0.5) is 0 Å². The first-order valence-electron chi connectivity index (χ1n) is 9.25. The van der Waals surface area contributed by atoms with Crippen LogP contribution in [0.5, 0.6) is 0 Å². The third-order valence-electron chi connectivity index (χ3n) is 5.52. The first-order valence-corrected chi connectivity index (χ1v) is 9.25. The zero-order chi connectivity index (χ0) is 17.2. The monoisotopic (exact) mass is 337 g/mol. The lowest BCUT2D eigenvalue weighted by molar-refractivity contribution is -0.909. The molecule has 2 aromatic carbocycles. The number of furan rings is 1. The molecule has 3 aromatic rings. The summed E-state index contributed by atoms with van der Waals surface area (Å²) in [4.78, 5) is 14.1. The topological polar surface area (TPSA) is 46.7 Å². The molecule has 4 heteroatoms. The molecule has 1 aromatic heterocycles. The van der Waals surface area contributed by atoms with Gasteiger partial charge in [-0.25, -0.2) is 0 Å². The maximum atomic E-state index is 12.5. The Kier molecular flexibility index (Phi) is 4.45. The molecule has 1 aliphatic heterocycles. The van der Waals surface area contributed by atoms with Crippen molar-refractivity contribution in [3.63, 3.8) is 0 Å². The molecule has 1 fully saturated rings. The average Bonchev–Trinajstić information content (AvgIpc) is 3.26. The van der Waals surface area contributed by atoms with E-state index in [2.05, 4.69) is 30.4 Å². The lowest BCUT2D eigenvalue weighted by Gasteiger charge is -2.20. The minimum Gasteiger partial charge on any atom is -0.464 e. The van der Waals surface area contributed by atoms with Crippen LogP contribution >= 0.6 is 0 Å². The van der Waals surface area contributed by atoms with Crippen molar-refractivity contribution >= 4 is 27.6 Å². The summed E-state index contributed by atoms with van der Waals surface area (Å²) < 4.78 is 5.69. The summed E-state index contributed by atoms with van der Waals surface area (Å²) in [5.41, 5.74) is 1.81. The predicted octanol–water partition coefficient (Wildman–Crippen LogP) is 2.31. The fraction of sp³-hybridized carbons (Fsp3) is 0.381. The lowest BCUT2D eigenvalue weighted by Crippen LogP contribution is -3.14. The molecule has 2 N–H and O–H groups in total. The largest absolute Gasteiger partial charge is 0.464 e. The molecule has 0 spiro atoms. The minimum atomic E-state index is 0.0815. The van der Waals surface area contributed by atoms with Gasteiger partial charge in [-0.3, -0.25) is 4.79 Å². The molecule has 130 valence electrons. The molecular formula is C21H25N2O2+. The van der Waals surface area contributed by atoms with Crippen LogP contribution in [0.25, 0.3) is 21.7 Å². The molecule has 1 aliphatic rings. The van der Waals surface area contributed by atoms with Gasteiger partial charge >= 0.3 is 0 Å². The van der Waals surface area contributed by atoms with E-state index in [0.717, 1.165) is 35.0 Å². The van der Waals surface area contributed by atoms with Crippen molar-refractivity contribution < 1.29 is 14.1 Å². The number of benzene rings is 2. The van der Waals surface area contributed by atoms with Gasteiger partial charge in [-0.15, -0.1) is 0 Å². The minimum absolute atomic E-state index is 0.0815. The summed E-state index contributed by atoms with van der Waals surface area (Å²) in [5, 5.41) is 6.52. The summed E-state index contributed by atoms with van der Waals surface area (Å²) in [5.74, 6) is 0.0815. The Balaban J connectivity index is 1.50. The number of likely N-dealkylation sites (tertiary alicyclic amines) is 1. The van der Waals surface area contributed by atoms with Crippen LogP contribution in [0.15, 0.2) is 47.1 Å². The van der Waals surface area contributed by atoms with Crippen LogP contribution in [0.1, 0.15) is 25.3 Å². The number of fused-ring (bicyclic) bond motifs is 3. The Hall–Kier alpha value is -2.33. The van der Waals surface area contributed by atoms with Crippen molar-refractivity contribution in [2.45, 2.75) is 32.2 Å². The van der Waals surface area contributed by atoms with E-state index in [1.54, 1.807) is 11.2 Å². The van der Waals surface area contributed by atoms with Gasteiger partial charge in [0.05, 0.1) is 32.3 Å². The van der Waals surface area contributed by atoms with Crippen LogP contribution in [0, 0.1) is 0 Å². The lowest BCUT2D eigenvalue weighted by atomic mass is 10.0. The summed E-state index contributed by atoms with van der Waals surface area (Å²) >= 11 is 0. The molecule has 0 bridgehead atoms. The summed E-state index contributed by atoms with van der Waals surface area (Å²) in [6.07, 6.45) is 4.58. The van der Waals surface area contributed by atoms with Gasteiger partial charge in [0.1, 0.15) is 11.6 Å². The number of carbonyl (C=O) groups is 1. The Labute approximate surface area is 147 Å². The van der Waals surface area contributed by atoms with E-state index >= 15 is 0 Å². The van der Waals surface area contributed by atoms with E-state index in [0.29, 0.717) is 12.5 Å². The maximum Gasteiger partial charge on any atom is 0.224 e. The van der Waals surface area contributed by atoms with Crippen molar-refractivity contribution in [3.05, 3.63) is 48.2 Å². The maximum absolute atomic E-state index is 12.5. The SMILES string of the molecule is CC[NH+]1CCC[C@H]1CNC(=O)Cc1coc2ccc3ccccc3c12. The molecule has 1 saturated heterocycles.